The summed E-state index contributed by atoms with van der Waals surface area (Å²) in [5, 5.41) is 15.4. The third-order valence-electron chi connectivity index (χ3n) is 5.26. The second-order valence-electron chi connectivity index (χ2n) is 8.36. The Labute approximate surface area is 204 Å². The van der Waals surface area contributed by atoms with Crippen molar-refractivity contribution in [3.05, 3.63) is 71.3 Å². The molecule has 0 saturated carbocycles. The van der Waals surface area contributed by atoms with Crippen LogP contribution in [-0.4, -0.2) is 54.8 Å². The summed E-state index contributed by atoms with van der Waals surface area (Å²) in [6, 6.07) is 11.1. The van der Waals surface area contributed by atoms with Crippen LogP contribution in [0.15, 0.2) is 48.5 Å². The van der Waals surface area contributed by atoms with Crippen LogP contribution >= 0.6 is 0 Å². The van der Waals surface area contributed by atoms with E-state index in [4.69, 9.17) is 16.2 Å². The monoisotopic (exact) mass is 492 g/mol. The summed E-state index contributed by atoms with van der Waals surface area (Å²) >= 11 is 0. The molecule has 0 aliphatic heterocycles. The number of rotatable bonds is 15. The Bertz CT molecular complexity index is 933. The van der Waals surface area contributed by atoms with Gasteiger partial charge in [-0.2, -0.15) is 0 Å². The maximum atomic E-state index is 13.7. The first-order chi connectivity index (χ1) is 16.8. The highest BCUT2D eigenvalue weighted by Gasteiger charge is 2.22. The maximum absolute atomic E-state index is 13.7. The quantitative estimate of drug-likeness (QED) is 0.236. The first-order valence-electron chi connectivity index (χ1n) is 11.6. The molecule has 7 N–H and O–H groups in total. The van der Waals surface area contributed by atoms with E-state index in [0.717, 1.165) is 23.8 Å². The van der Waals surface area contributed by atoms with E-state index in [-0.39, 0.29) is 30.9 Å². The van der Waals surface area contributed by atoms with E-state index in [1.54, 1.807) is 0 Å². The van der Waals surface area contributed by atoms with E-state index < -0.39 is 35.7 Å². The molecule has 2 aromatic rings. The topological polar surface area (TPSA) is 140 Å². The number of benzene rings is 2. The van der Waals surface area contributed by atoms with Crippen molar-refractivity contribution in [1.82, 2.24) is 10.6 Å². The number of carbonyl (C=O) groups is 2. The molecule has 0 aliphatic carbocycles. The summed E-state index contributed by atoms with van der Waals surface area (Å²) in [5.41, 5.74) is 12.8. The number of carbonyl (C=O) groups excluding carboxylic acids is 2. The van der Waals surface area contributed by atoms with Crippen LogP contribution < -0.4 is 22.1 Å². The maximum Gasteiger partial charge on any atom is 0.250 e. The lowest BCUT2D eigenvalue weighted by molar-refractivity contribution is -0.131. The van der Waals surface area contributed by atoms with Crippen LogP contribution in [0.4, 0.5) is 8.78 Å². The van der Waals surface area contributed by atoms with Gasteiger partial charge in [0.15, 0.2) is 0 Å². The number of hydrogen-bond donors (Lipinski definition) is 5. The Morgan fingerprint density at radius 1 is 1.00 bits per heavy atom. The van der Waals surface area contributed by atoms with E-state index in [1.165, 1.54) is 0 Å². The highest BCUT2D eigenvalue weighted by molar-refractivity contribution is 5.81. The molecule has 2 rings (SSSR count). The van der Waals surface area contributed by atoms with Gasteiger partial charge >= 0.3 is 0 Å². The minimum absolute atomic E-state index is 0.0247. The smallest absolute Gasteiger partial charge is 0.250 e. The predicted molar refractivity (Wildman–Crippen MR) is 128 cm³/mol. The molecule has 0 aliphatic rings. The molecular weight excluding hydrogens is 458 g/mol. The van der Waals surface area contributed by atoms with E-state index >= 15 is 0 Å². The molecule has 0 heterocycles. The number of hydrogen-bond acceptors (Lipinski definition) is 6. The van der Waals surface area contributed by atoms with Gasteiger partial charge in [-0.05, 0) is 48.6 Å². The number of halogens is 2. The molecule has 0 bridgehead atoms. The van der Waals surface area contributed by atoms with Crippen molar-refractivity contribution in [2.24, 2.45) is 11.5 Å². The van der Waals surface area contributed by atoms with Gasteiger partial charge in [-0.15, -0.1) is 0 Å². The van der Waals surface area contributed by atoms with Gasteiger partial charge in [-0.1, -0.05) is 30.3 Å². The molecular formula is C25H34F2N4O4. The molecule has 0 aromatic heterocycles. The van der Waals surface area contributed by atoms with Crippen molar-refractivity contribution < 1.29 is 28.2 Å². The number of aliphatic hydroxyl groups is 1. The van der Waals surface area contributed by atoms with Gasteiger partial charge in [-0.3, -0.25) is 9.59 Å². The molecule has 8 nitrogen and oxygen atoms in total. The van der Waals surface area contributed by atoms with Crippen LogP contribution in [0.2, 0.25) is 0 Å². The van der Waals surface area contributed by atoms with Gasteiger partial charge in [-0.25, -0.2) is 8.78 Å². The summed E-state index contributed by atoms with van der Waals surface area (Å²) in [4.78, 5) is 24.0. The Morgan fingerprint density at radius 3 is 2.40 bits per heavy atom. The first-order valence-corrected chi connectivity index (χ1v) is 11.6. The van der Waals surface area contributed by atoms with Crippen molar-refractivity contribution in [3.63, 3.8) is 0 Å². The molecule has 0 radical (unpaired) electrons. The first kappa shape index (κ1) is 28.3. The highest BCUT2D eigenvalue weighted by Crippen LogP contribution is 2.12. The van der Waals surface area contributed by atoms with Crippen molar-refractivity contribution in [2.45, 2.75) is 50.5 Å². The van der Waals surface area contributed by atoms with Crippen LogP contribution in [0.25, 0.3) is 0 Å². The molecule has 0 saturated heterocycles. The standard InChI is InChI=1S/C25H34F2N4O4/c26-19-8-9-21(27)18(12-19)13-20(28)14-23(32)30-10-4-5-11-31-25(34)24(33)22(29)16-35-15-17-6-2-1-3-7-17/h1-3,6-9,12,20,22,24,33H,4-5,10-11,13-16,28-29H2,(H,30,32)(H,31,34). The van der Waals surface area contributed by atoms with Gasteiger partial charge < -0.3 is 31.9 Å². The highest BCUT2D eigenvalue weighted by atomic mass is 19.1. The molecule has 10 heteroatoms. The molecule has 0 fully saturated rings. The van der Waals surface area contributed by atoms with Crippen LogP contribution in [0.3, 0.4) is 0 Å². The summed E-state index contributed by atoms with van der Waals surface area (Å²) in [6.45, 7) is 1.04. The van der Waals surface area contributed by atoms with E-state index in [2.05, 4.69) is 10.6 Å². The molecule has 3 atom stereocenters. The third kappa shape index (κ3) is 10.9. The average molecular weight is 493 g/mol. The van der Waals surface area contributed by atoms with Crippen LogP contribution in [0, 0.1) is 11.6 Å². The van der Waals surface area contributed by atoms with Crippen LogP contribution in [-0.2, 0) is 27.4 Å². The summed E-state index contributed by atoms with van der Waals surface area (Å²) in [5.74, 6) is -2.00. The van der Waals surface area contributed by atoms with Crippen LogP contribution in [0.1, 0.15) is 30.4 Å². The van der Waals surface area contributed by atoms with E-state index in [1.807, 2.05) is 30.3 Å². The zero-order valence-electron chi connectivity index (χ0n) is 19.6. The predicted octanol–water partition coefficient (Wildman–Crippen LogP) is 1.14. The zero-order chi connectivity index (χ0) is 25.6. The average Bonchev–Trinajstić information content (AvgIpc) is 2.83. The Hall–Kier alpha value is -2.92. The second kappa shape index (κ2) is 15.2. The molecule has 2 amide bonds. The third-order valence-corrected chi connectivity index (χ3v) is 5.26. The van der Waals surface area contributed by atoms with Crippen molar-refractivity contribution in [1.29, 1.82) is 0 Å². The SMILES string of the molecule is NC(CC(=O)NCCCCNC(=O)C(O)C(N)COCc1ccccc1)Cc1cc(F)ccc1F. The Kier molecular flexibility index (Phi) is 12.3. The van der Waals surface area contributed by atoms with Gasteiger partial charge in [0.05, 0.1) is 19.3 Å². The lowest BCUT2D eigenvalue weighted by atomic mass is 10.0. The van der Waals surface area contributed by atoms with Crippen molar-refractivity contribution in [2.75, 3.05) is 19.7 Å². The number of amides is 2. The van der Waals surface area contributed by atoms with Gasteiger partial charge in [0.1, 0.15) is 17.7 Å². The van der Waals surface area contributed by atoms with Gasteiger partial charge in [0, 0.05) is 25.6 Å². The molecule has 3 unspecified atom stereocenters. The van der Waals surface area contributed by atoms with Crippen LogP contribution in [0.5, 0.6) is 0 Å². The number of aliphatic hydroxyl groups excluding tert-OH is 1. The van der Waals surface area contributed by atoms with Crippen molar-refractivity contribution in [3.8, 4) is 0 Å². The lowest BCUT2D eigenvalue weighted by Crippen LogP contribution is -2.48. The fourth-order valence-corrected chi connectivity index (χ4v) is 3.33. The summed E-state index contributed by atoms with van der Waals surface area (Å²) in [6.07, 6.45) is -0.218. The van der Waals surface area contributed by atoms with E-state index in [9.17, 15) is 23.5 Å². The number of ether oxygens (including phenoxy) is 1. The Morgan fingerprint density at radius 2 is 1.69 bits per heavy atom. The summed E-state index contributed by atoms with van der Waals surface area (Å²) < 4.78 is 32.4. The largest absolute Gasteiger partial charge is 0.382 e. The second-order valence-corrected chi connectivity index (χ2v) is 8.36. The van der Waals surface area contributed by atoms with Gasteiger partial charge in [0.2, 0.25) is 5.91 Å². The number of nitrogens with one attached hydrogen (secondary N) is 2. The van der Waals surface area contributed by atoms with Crippen molar-refractivity contribution >= 4 is 11.8 Å². The molecule has 35 heavy (non-hydrogen) atoms. The molecule has 2 aromatic carbocycles. The molecule has 0 spiro atoms. The normalized spacial score (nSPS) is 13.6. The number of unbranched alkanes of at least 4 members (excludes halogenated alkanes) is 1. The Balaban J connectivity index is 1.53. The van der Waals surface area contributed by atoms with E-state index in [0.29, 0.717) is 32.5 Å². The minimum atomic E-state index is -1.39. The van der Waals surface area contributed by atoms with Gasteiger partial charge in [0.25, 0.3) is 5.91 Å². The fourth-order valence-electron chi connectivity index (χ4n) is 3.33. The fraction of sp³-hybridized carbons (Fsp3) is 0.440. The molecule has 192 valence electrons. The zero-order valence-corrected chi connectivity index (χ0v) is 19.6. The minimum Gasteiger partial charge on any atom is -0.382 e. The summed E-state index contributed by atoms with van der Waals surface area (Å²) in [7, 11) is 0. The lowest BCUT2D eigenvalue weighted by Gasteiger charge is -2.18. The number of nitrogens with two attached hydrogens (primary N) is 2.